The Morgan fingerprint density at radius 1 is 1.11 bits per heavy atom. The van der Waals surface area contributed by atoms with E-state index in [1.165, 1.54) is 4.68 Å². The van der Waals surface area contributed by atoms with Gasteiger partial charge in [0.05, 0.1) is 17.1 Å². The monoisotopic (exact) mass is 572 g/mol. The zero-order valence-corrected chi connectivity index (χ0v) is 22.5. The molecule has 180 valence electrons. The lowest BCUT2D eigenvalue weighted by Crippen LogP contribution is -2.22. The maximum Gasteiger partial charge on any atom is 0.282 e. The predicted molar refractivity (Wildman–Crippen MR) is 148 cm³/mol. The van der Waals surface area contributed by atoms with E-state index in [1.807, 2.05) is 62.3 Å². The van der Waals surface area contributed by atoms with Gasteiger partial charge in [0.2, 0.25) is 0 Å². The van der Waals surface area contributed by atoms with Gasteiger partial charge in [0.15, 0.2) is 0 Å². The number of ether oxygens (including phenoxy) is 1. The van der Waals surface area contributed by atoms with Crippen molar-refractivity contribution >= 4 is 61.9 Å². The van der Waals surface area contributed by atoms with Crippen LogP contribution in [0.3, 0.4) is 0 Å². The third-order valence-electron chi connectivity index (χ3n) is 5.42. The van der Waals surface area contributed by atoms with Gasteiger partial charge in [-0.25, -0.2) is 4.98 Å². The fraction of sp³-hybridized carbons (Fsp3) is 0.192. The molecule has 0 unspecified atom stereocenters. The molecule has 0 aliphatic rings. The molecule has 1 aromatic heterocycles. The fourth-order valence-corrected chi connectivity index (χ4v) is 4.31. The van der Waals surface area contributed by atoms with Crippen molar-refractivity contribution in [1.82, 2.24) is 9.66 Å². The second kappa shape index (κ2) is 10.8. The Morgan fingerprint density at radius 2 is 1.91 bits per heavy atom. The van der Waals surface area contributed by atoms with E-state index in [0.29, 0.717) is 44.5 Å². The first-order valence-corrected chi connectivity index (χ1v) is 12.5. The summed E-state index contributed by atoms with van der Waals surface area (Å²) >= 11 is 15.8. The van der Waals surface area contributed by atoms with Crippen molar-refractivity contribution in [3.63, 3.8) is 0 Å². The first kappa shape index (κ1) is 25.2. The number of fused-ring (bicyclic) bond motifs is 1. The van der Waals surface area contributed by atoms with Crippen LogP contribution in [0.4, 0.5) is 5.69 Å². The molecule has 0 saturated carbocycles. The van der Waals surface area contributed by atoms with Crippen LogP contribution in [0, 0.1) is 0 Å². The van der Waals surface area contributed by atoms with Gasteiger partial charge in [-0.15, -0.1) is 0 Å². The van der Waals surface area contributed by atoms with Crippen molar-refractivity contribution in [3.8, 4) is 5.75 Å². The Labute approximate surface area is 221 Å². The van der Waals surface area contributed by atoms with Crippen LogP contribution >= 0.6 is 39.1 Å². The Hall–Kier alpha value is -2.87. The molecule has 6 nitrogen and oxygen atoms in total. The van der Waals surface area contributed by atoms with E-state index in [2.05, 4.69) is 26.0 Å². The van der Waals surface area contributed by atoms with Crippen molar-refractivity contribution in [3.05, 3.63) is 96.4 Å². The number of aryl methyl sites for hydroxylation is 1. The number of aromatic nitrogens is 2. The van der Waals surface area contributed by atoms with Gasteiger partial charge in [-0.2, -0.15) is 9.78 Å². The van der Waals surface area contributed by atoms with E-state index in [-0.39, 0.29) is 12.2 Å². The first-order valence-electron chi connectivity index (χ1n) is 10.9. The average Bonchev–Trinajstić information content (AvgIpc) is 2.83. The van der Waals surface area contributed by atoms with Crippen LogP contribution in [0.5, 0.6) is 5.75 Å². The predicted octanol–water partition coefficient (Wildman–Crippen LogP) is 6.56. The van der Waals surface area contributed by atoms with Gasteiger partial charge in [-0.1, -0.05) is 52.1 Å². The maximum absolute atomic E-state index is 13.2. The Kier molecular flexibility index (Phi) is 7.79. The molecule has 0 aliphatic carbocycles. The van der Waals surface area contributed by atoms with Crippen LogP contribution in [0.15, 0.2) is 69.0 Å². The molecule has 0 amide bonds. The molecule has 9 heteroatoms. The van der Waals surface area contributed by atoms with Crippen LogP contribution in [-0.2, 0) is 13.0 Å². The van der Waals surface area contributed by atoms with Crippen LogP contribution in [0.1, 0.15) is 23.9 Å². The number of nitrogens with zero attached hydrogens (tertiary/aromatic N) is 4. The van der Waals surface area contributed by atoms with E-state index in [0.717, 1.165) is 15.7 Å². The molecule has 1 heterocycles. The van der Waals surface area contributed by atoms with Crippen molar-refractivity contribution < 1.29 is 4.74 Å². The summed E-state index contributed by atoms with van der Waals surface area (Å²) in [5, 5.41) is 6.10. The highest BCUT2D eigenvalue weighted by molar-refractivity contribution is 9.10. The second-order valence-corrected chi connectivity index (χ2v) is 9.80. The molecule has 0 spiro atoms. The molecular formula is C26H23BrCl2N4O2. The molecule has 3 aromatic carbocycles. The summed E-state index contributed by atoms with van der Waals surface area (Å²) in [5.41, 5.74) is 2.89. The summed E-state index contributed by atoms with van der Waals surface area (Å²) in [4.78, 5) is 19.8. The van der Waals surface area contributed by atoms with Crippen molar-refractivity contribution in [2.24, 2.45) is 5.10 Å². The summed E-state index contributed by atoms with van der Waals surface area (Å²) in [6, 6.07) is 16.5. The van der Waals surface area contributed by atoms with Crippen LogP contribution in [0.25, 0.3) is 10.9 Å². The van der Waals surface area contributed by atoms with E-state index < -0.39 is 0 Å². The zero-order valence-electron chi connectivity index (χ0n) is 19.4. The molecular weight excluding hydrogens is 551 g/mol. The van der Waals surface area contributed by atoms with Crippen molar-refractivity contribution in [1.29, 1.82) is 0 Å². The van der Waals surface area contributed by atoms with Gasteiger partial charge in [0.1, 0.15) is 18.2 Å². The quantitative estimate of drug-likeness (QED) is 0.235. The lowest BCUT2D eigenvalue weighted by atomic mass is 10.2. The van der Waals surface area contributed by atoms with Gasteiger partial charge in [0, 0.05) is 57.9 Å². The van der Waals surface area contributed by atoms with Crippen LogP contribution in [0.2, 0.25) is 10.0 Å². The van der Waals surface area contributed by atoms with E-state index >= 15 is 0 Å². The number of anilines is 1. The van der Waals surface area contributed by atoms with E-state index in [9.17, 15) is 4.79 Å². The van der Waals surface area contributed by atoms with E-state index in [1.54, 1.807) is 24.4 Å². The average molecular weight is 574 g/mol. The number of benzene rings is 3. The third kappa shape index (κ3) is 5.69. The van der Waals surface area contributed by atoms with Crippen LogP contribution < -0.4 is 15.2 Å². The number of hydrogen-bond donors (Lipinski definition) is 0. The number of hydrogen-bond acceptors (Lipinski definition) is 5. The highest BCUT2D eigenvalue weighted by atomic mass is 79.9. The normalized spacial score (nSPS) is 11.4. The Bertz CT molecular complexity index is 1480. The SMILES string of the molecule is CCc1nc2ccc(Br)cc2c(=O)n1N=Cc1ccc(N(C)C)cc1OCc1ccc(Cl)cc1Cl. The maximum atomic E-state index is 13.2. The lowest BCUT2D eigenvalue weighted by molar-refractivity contribution is 0.306. The molecule has 0 N–H and O–H groups in total. The molecule has 35 heavy (non-hydrogen) atoms. The van der Waals surface area contributed by atoms with Gasteiger partial charge in [-0.3, -0.25) is 4.79 Å². The topological polar surface area (TPSA) is 59.7 Å². The molecule has 0 aliphatic heterocycles. The largest absolute Gasteiger partial charge is 0.488 e. The highest BCUT2D eigenvalue weighted by Gasteiger charge is 2.12. The first-order chi connectivity index (χ1) is 16.8. The van der Waals surface area contributed by atoms with Gasteiger partial charge in [0.25, 0.3) is 5.56 Å². The summed E-state index contributed by atoms with van der Waals surface area (Å²) in [7, 11) is 3.91. The fourth-order valence-electron chi connectivity index (χ4n) is 3.49. The third-order valence-corrected chi connectivity index (χ3v) is 6.50. The highest BCUT2D eigenvalue weighted by Crippen LogP contribution is 2.27. The molecule has 4 rings (SSSR count). The van der Waals surface area contributed by atoms with Crippen molar-refractivity contribution in [2.45, 2.75) is 20.0 Å². The summed E-state index contributed by atoms with van der Waals surface area (Å²) in [6.07, 6.45) is 2.17. The smallest absolute Gasteiger partial charge is 0.282 e. The summed E-state index contributed by atoms with van der Waals surface area (Å²) in [6.45, 7) is 2.19. The molecule has 0 fully saturated rings. The second-order valence-electron chi connectivity index (χ2n) is 8.05. The molecule has 0 bridgehead atoms. The minimum atomic E-state index is -0.232. The standard InChI is InChI=1S/C26H23BrCl2N4O2/c1-4-25-31-23-10-7-18(27)11-21(23)26(34)33(25)30-14-16-6-9-20(32(2)3)13-24(16)35-15-17-5-8-19(28)12-22(17)29/h5-14H,4,15H2,1-3H3. The van der Waals surface area contributed by atoms with Crippen LogP contribution in [-0.4, -0.2) is 30.0 Å². The Balaban J connectivity index is 1.73. The number of rotatable bonds is 7. The minimum Gasteiger partial charge on any atom is -0.488 e. The lowest BCUT2D eigenvalue weighted by Gasteiger charge is -2.16. The number of halogens is 3. The molecule has 4 aromatic rings. The van der Waals surface area contributed by atoms with Gasteiger partial charge in [-0.05, 0) is 42.5 Å². The molecule has 0 saturated heterocycles. The summed E-state index contributed by atoms with van der Waals surface area (Å²) in [5.74, 6) is 1.18. The van der Waals surface area contributed by atoms with Crippen molar-refractivity contribution in [2.75, 3.05) is 19.0 Å². The summed E-state index contributed by atoms with van der Waals surface area (Å²) < 4.78 is 8.29. The zero-order chi connectivity index (χ0) is 25.1. The Morgan fingerprint density at radius 3 is 2.63 bits per heavy atom. The van der Waals surface area contributed by atoms with Gasteiger partial charge < -0.3 is 9.64 Å². The van der Waals surface area contributed by atoms with E-state index in [4.69, 9.17) is 27.9 Å². The molecule has 0 atom stereocenters. The minimum absolute atomic E-state index is 0.232. The molecule has 0 radical (unpaired) electrons. The van der Waals surface area contributed by atoms with Gasteiger partial charge >= 0.3 is 0 Å².